The third-order valence-corrected chi connectivity index (χ3v) is 9.50. The second-order valence-electron chi connectivity index (χ2n) is 13.2. The van der Waals surface area contributed by atoms with Crippen molar-refractivity contribution in [2.24, 2.45) is 0 Å². The molecule has 20 heteroatoms. The van der Waals surface area contributed by atoms with E-state index in [1.165, 1.54) is 27.0 Å². The van der Waals surface area contributed by atoms with Crippen LogP contribution in [0.4, 0.5) is 0 Å². The summed E-state index contributed by atoms with van der Waals surface area (Å²) in [6.45, 7) is 1.68. The molecule has 20 nitrogen and oxygen atoms in total. The average Bonchev–Trinajstić information content (AvgIpc) is 3.14. The summed E-state index contributed by atoms with van der Waals surface area (Å²) in [5.41, 5.74) is 0.664. The van der Waals surface area contributed by atoms with E-state index >= 15 is 0 Å². The van der Waals surface area contributed by atoms with Crippen molar-refractivity contribution in [2.45, 2.75) is 131 Å². The summed E-state index contributed by atoms with van der Waals surface area (Å²) in [7, 11) is 1.52. The lowest BCUT2D eigenvalue weighted by atomic mass is 9.97. The fourth-order valence-corrected chi connectivity index (χ4v) is 6.35. The van der Waals surface area contributed by atoms with E-state index in [-0.39, 0.29) is 0 Å². The minimum Gasteiger partial charge on any atom is -0.497 e. The molecule has 0 amide bonds. The van der Waals surface area contributed by atoms with Gasteiger partial charge >= 0.3 is 5.97 Å². The molecule has 10 N–H and O–H groups in total. The first-order valence-corrected chi connectivity index (χ1v) is 17.0. The van der Waals surface area contributed by atoms with Gasteiger partial charge in [-0.2, -0.15) is 0 Å². The van der Waals surface area contributed by atoms with Crippen LogP contribution in [0.3, 0.4) is 0 Å². The van der Waals surface area contributed by atoms with E-state index in [0.29, 0.717) is 11.3 Å². The van der Waals surface area contributed by atoms with Crippen molar-refractivity contribution in [1.29, 1.82) is 0 Å². The lowest BCUT2D eigenvalue weighted by Crippen LogP contribution is -2.65. The van der Waals surface area contributed by atoms with Crippen LogP contribution in [0.2, 0.25) is 0 Å². The highest BCUT2D eigenvalue weighted by Crippen LogP contribution is 2.33. The van der Waals surface area contributed by atoms with Gasteiger partial charge in [0.15, 0.2) is 31.3 Å². The van der Waals surface area contributed by atoms with Crippen LogP contribution in [0.5, 0.6) is 5.75 Å². The van der Waals surface area contributed by atoms with Gasteiger partial charge in [-0.1, -0.05) is 12.1 Å². The maximum Gasteiger partial charge on any atom is 0.331 e. The Labute approximate surface area is 303 Å². The average molecular weight is 765 g/mol. The molecule has 0 unspecified atom stereocenters. The molecule has 1 aromatic carbocycles. The monoisotopic (exact) mass is 764 g/mol. The highest BCUT2D eigenvalue weighted by Gasteiger charge is 2.53. The second-order valence-corrected chi connectivity index (χ2v) is 13.2. The minimum atomic E-state index is -1.88. The molecule has 4 saturated heterocycles. The highest BCUT2D eigenvalue weighted by atomic mass is 16.8. The van der Waals surface area contributed by atoms with E-state index in [1.807, 2.05) is 0 Å². The summed E-state index contributed by atoms with van der Waals surface area (Å²) in [5, 5.41) is 105. The summed E-state index contributed by atoms with van der Waals surface area (Å²) in [5.74, 6) is -0.212. The Balaban J connectivity index is 1.15. The van der Waals surface area contributed by atoms with Gasteiger partial charge in [0.1, 0.15) is 79.0 Å². The van der Waals surface area contributed by atoms with Gasteiger partial charge in [-0.25, -0.2) is 4.79 Å². The lowest BCUT2D eigenvalue weighted by molar-refractivity contribution is -0.377. The van der Waals surface area contributed by atoms with Gasteiger partial charge in [-0.05, 0) is 37.6 Å². The van der Waals surface area contributed by atoms with E-state index in [2.05, 4.69) is 0 Å². The Morgan fingerprint density at radius 2 is 1.30 bits per heavy atom. The van der Waals surface area contributed by atoms with Gasteiger partial charge in [0.2, 0.25) is 0 Å². The predicted molar refractivity (Wildman–Crippen MR) is 171 cm³/mol. The van der Waals surface area contributed by atoms with Crippen LogP contribution in [0.25, 0.3) is 6.08 Å². The highest BCUT2D eigenvalue weighted by molar-refractivity contribution is 5.87. The third kappa shape index (κ3) is 9.34. The van der Waals surface area contributed by atoms with Crippen LogP contribution in [0, 0.1) is 0 Å². The fourth-order valence-electron chi connectivity index (χ4n) is 6.35. The van der Waals surface area contributed by atoms with Crippen molar-refractivity contribution in [2.75, 3.05) is 20.3 Å². The summed E-state index contributed by atoms with van der Waals surface area (Å²) in [6, 6.07) is 6.81. The molecule has 0 radical (unpaired) electrons. The third-order valence-electron chi connectivity index (χ3n) is 9.50. The van der Waals surface area contributed by atoms with Crippen molar-refractivity contribution >= 4 is 12.0 Å². The first-order chi connectivity index (χ1) is 25.1. The number of esters is 1. The number of carbonyl (C=O) groups excluding carboxylic acids is 1. The molecule has 1 aromatic rings. The Kier molecular flexibility index (Phi) is 14.2. The zero-order valence-electron chi connectivity index (χ0n) is 28.9. The van der Waals surface area contributed by atoms with Crippen LogP contribution < -0.4 is 4.74 Å². The molecule has 0 spiro atoms. The molecule has 0 aliphatic carbocycles. The van der Waals surface area contributed by atoms with Gasteiger partial charge in [0, 0.05) is 6.08 Å². The van der Waals surface area contributed by atoms with Gasteiger partial charge in [0.25, 0.3) is 0 Å². The van der Waals surface area contributed by atoms with Crippen LogP contribution in [-0.4, -0.2) is 194 Å². The quantitative estimate of drug-likeness (QED) is 0.0747. The first kappa shape index (κ1) is 41.7. The number of carbonyl (C=O) groups is 1. The smallest absolute Gasteiger partial charge is 0.331 e. The molecule has 19 atom stereocenters. The van der Waals surface area contributed by atoms with Crippen molar-refractivity contribution in [3.63, 3.8) is 0 Å². The molecular formula is C33H48O20. The van der Waals surface area contributed by atoms with Crippen LogP contribution in [-0.2, 0) is 42.7 Å². The molecule has 4 heterocycles. The van der Waals surface area contributed by atoms with Crippen molar-refractivity contribution in [1.82, 2.24) is 0 Å². The molecule has 4 aliphatic heterocycles. The lowest BCUT2D eigenvalue weighted by Gasteiger charge is -2.47. The van der Waals surface area contributed by atoms with E-state index in [1.54, 1.807) is 24.3 Å². The molecule has 0 bridgehead atoms. The van der Waals surface area contributed by atoms with Gasteiger partial charge in [-0.15, -0.1) is 0 Å². The Morgan fingerprint density at radius 3 is 1.96 bits per heavy atom. The Bertz CT molecular complexity index is 1350. The number of rotatable bonds is 11. The molecule has 53 heavy (non-hydrogen) atoms. The zero-order chi connectivity index (χ0) is 38.7. The van der Waals surface area contributed by atoms with E-state index in [9.17, 15) is 55.9 Å². The molecule has 0 saturated carbocycles. The topological polar surface area (TPSA) is 302 Å². The number of hydrogen-bond acceptors (Lipinski definition) is 20. The largest absolute Gasteiger partial charge is 0.497 e. The number of methoxy groups -OCH3 is 1. The summed E-state index contributed by atoms with van der Waals surface area (Å²) >= 11 is 0. The van der Waals surface area contributed by atoms with Gasteiger partial charge in [-0.3, -0.25) is 0 Å². The van der Waals surface area contributed by atoms with E-state index in [4.69, 9.17) is 42.6 Å². The minimum absolute atomic E-state index is 0.469. The number of ether oxygens (including phenoxy) is 9. The van der Waals surface area contributed by atoms with Crippen molar-refractivity contribution in [3.8, 4) is 5.75 Å². The van der Waals surface area contributed by atoms with Gasteiger partial charge < -0.3 is 93.7 Å². The van der Waals surface area contributed by atoms with Crippen LogP contribution in [0.15, 0.2) is 30.3 Å². The molecular weight excluding hydrogens is 716 g/mol. The van der Waals surface area contributed by atoms with E-state index in [0.717, 1.165) is 6.08 Å². The SMILES string of the molecule is COc1ccc(/C=C/C(=O)O[C@@H]2[C@H](O)[C@@H](O[C@@H]3O[C@@H](C)[C@H](O[C@@H]4OC[C@@H](O[C@@H]5O[C@H](CO)[C@H](O)[C@H](O)[C@H]5O)[C@H](O)[C@H]4O)[C@@H](O)[C@H]3O)[C@H](O)O[C@@H]2C)cc1. The summed E-state index contributed by atoms with van der Waals surface area (Å²) < 4.78 is 49.3. The molecule has 0 aromatic heterocycles. The molecule has 5 rings (SSSR count). The maximum absolute atomic E-state index is 12.6. The normalized spacial score (nSPS) is 45.2. The molecule has 4 aliphatic rings. The van der Waals surface area contributed by atoms with E-state index < -0.39 is 136 Å². The zero-order valence-corrected chi connectivity index (χ0v) is 28.9. The summed E-state index contributed by atoms with van der Waals surface area (Å²) in [4.78, 5) is 12.6. The number of hydrogen-bond donors (Lipinski definition) is 10. The number of aliphatic hydroxyl groups is 10. The molecule has 4 fully saturated rings. The fraction of sp³-hybridized carbons (Fsp3) is 0.727. The van der Waals surface area contributed by atoms with Crippen molar-refractivity contribution in [3.05, 3.63) is 35.9 Å². The van der Waals surface area contributed by atoms with Crippen molar-refractivity contribution < 1.29 is 98.5 Å². The summed E-state index contributed by atoms with van der Waals surface area (Å²) in [6.07, 6.45) is -27.3. The van der Waals surface area contributed by atoms with Gasteiger partial charge in [0.05, 0.1) is 32.5 Å². The predicted octanol–water partition coefficient (Wildman–Crippen LogP) is -4.78. The maximum atomic E-state index is 12.6. The van der Waals surface area contributed by atoms with Crippen LogP contribution >= 0.6 is 0 Å². The number of benzene rings is 1. The molecule has 300 valence electrons. The Hall–Kier alpha value is -2.45. The first-order valence-electron chi connectivity index (χ1n) is 17.0. The number of aliphatic hydroxyl groups excluding tert-OH is 10. The van der Waals surface area contributed by atoms with Crippen LogP contribution in [0.1, 0.15) is 19.4 Å². The second kappa shape index (κ2) is 18.0. The standard InChI is InChI=1S/C33H48O20/c1-12-28(51-18(35)9-6-14-4-7-15(45-3)8-5-14)26(43)29(30(44)47-12)53-32-25(42)22(39)27(13(2)48-32)52-31-23(40)20(37)17(11-46-31)50-33-24(41)21(38)19(36)16(10-34)49-33/h4-9,12-13,16-17,19-34,36-44H,10-11H2,1-3H3/b9-6+/t12-,13+,16-,17-,19+,20+,21+,22+,23-,24-,25-,26+,27+,28+,29-,30-,31+,32+,33+/m1/s1. The Morgan fingerprint density at radius 1 is 0.698 bits per heavy atom.